The molecule has 0 aromatic rings. The Labute approximate surface area is 118 Å². The molecule has 2 N–H and O–H groups in total. The van der Waals surface area contributed by atoms with E-state index in [2.05, 4.69) is 10.6 Å². The number of carbonyl (C=O) groups is 2. The number of thioether (sulfide) groups is 1. The number of likely N-dealkylation sites (N-methyl/N-ethyl adjacent to an activating group) is 1. The lowest BCUT2D eigenvalue weighted by Crippen LogP contribution is -2.42. The van der Waals surface area contributed by atoms with Gasteiger partial charge in [0.15, 0.2) is 0 Å². The zero-order valence-electron chi connectivity index (χ0n) is 11.6. The van der Waals surface area contributed by atoms with Gasteiger partial charge in [-0.2, -0.15) is 0 Å². The summed E-state index contributed by atoms with van der Waals surface area (Å²) in [6.07, 6.45) is 0. The summed E-state index contributed by atoms with van der Waals surface area (Å²) in [5.74, 6) is 0.744. The molecule has 19 heavy (non-hydrogen) atoms. The van der Waals surface area contributed by atoms with Gasteiger partial charge in [-0.15, -0.1) is 11.8 Å². The third-order valence-electron chi connectivity index (χ3n) is 2.92. The van der Waals surface area contributed by atoms with Gasteiger partial charge in [-0.3, -0.25) is 9.59 Å². The molecule has 1 unspecified atom stereocenters. The van der Waals surface area contributed by atoms with Gasteiger partial charge >= 0.3 is 0 Å². The largest absolute Gasteiger partial charge is 0.378 e. The van der Waals surface area contributed by atoms with Crippen molar-refractivity contribution >= 4 is 23.6 Å². The fraction of sp³-hybridized carbons (Fsp3) is 0.833. The number of hydrogen-bond donors (Lipinski definition) is 2. The lowest BCUT2D eigenvalue weighted by molar-refractivity contribution is -0.132. The Morgan fingerprint density at radius 2 is 2.00 bits per heavy atom. The van der Waals surface area contributed by atoms with Crippen molar-refractivity contribution in [2.45, 2.75) is 13.0 Å². The number of carbonyl (C=O) groups excluding carboxylic acids is 2. The van der Waals surface area contributed by atoms with Crippen molar-refractivity contribution in [2.24, 2.45) is 0 Å². The minimum atomic E-state index is -0.0260. The van der Waals surface area contributed by atoms with Crippen LogP contribution in [-0.4, -0.2) is 74.2 Å². The summed E-state index contributed by atoms with van der Waals surface area (Å²) in [4.78, 5) is 25.1. The molecule has 7 heteroatoms. The monoisotopic (exact) mass is 289 g/mol. The van der Waals surface area contributed by atoms with E-state index in [9.17, 15) is 9.59 Å². The standard InChI is InChI=1S/C12H23N3O3S/c1-10(13-2)7-14-11(16)8-19-9-12(17)15-3-5-18-6-4-15/h10,13H,3-9H2,1-2H3,(H,14,16). The molecule has 0 saturated carbocycles. The van der Waals surface area contributed by atoms with Gasteiger partial charge in [0.2, 0.25) is 11.8 Å². The summed E-state index contributed by atoms with van der Waals surface area (Å²) in [5, 5.41) is 5.86. The molecule has 1 saturated heterocycles. The summed E-state index contributed by atoms with van der Waals surface area (Å²) in [7, 11) is 1.85. The normalized spacial score (nSPS) is 17.1. The van der Waals surface area contributed by atoms with Crippen LogP contribution in [0.3, 0.4) is 0 Å². The molecule has 1 heterocycles. The fourth-order valence-corrected chi connectivity index (χ4v) is 2.30. The maximum Gasteiger partial charge on any atom is 0.232 e. The quantitative estimate of drug-likeness (QED) is 0.649. The molecule has 0 spiro atoms. The number of morpholine rings is 1. The first-order valence-corrected chi connectivity index (χ1v) is 7.66. The highest BCUT2D eigenvalue weighted by Crippen LogP contribution is 2.04. The van der Waals surface area contributed by atoms with E-state index < -0.39 is 0 Å². The van der Waals surface area contributed by atoms with Gasteiger partial charge in [0.25, 0.3) is 0 Å². The summed E-state index contributed by atoms with van der Waals surface area (Å²) in [6.45, 7) is 5.14. The minimum Gasteiger partial charge on any atom is -0.378 e. The van der Waals surface area contributed by atoms with E-state index in [-0.39, 0.29) is 17.9 Å². The van der Waals surface area contributed by atoms with Crippen LogP contribution in [0.25, 0.3) is 0 Å². The predicted molar refractivity (Wildman–Crippen MR) is 76.3 cm³/mol. The third kappa shape index (κ3) is 6.79. The number of hydrogen-bond acceptors (Lipinski definition) is 5. The molecular formula is C12H23N3O3S. The van der Waals surface area contributed by atoms with Crippen molar-refractivity contribution < 1.29 is 14.3 Å². The highest BCUT2D eigenvalue weighted by atomic mass is 32.2. The predicted octanol–water partition coefficient (Wildman–Crippen LogP) is -0.697. The van der Waals surface area contributed by atoms with E-state index in [0.717, 1.165) is 0 Å². The van der Waals surface area contributed by atoms with Crippen LogP contribution in [0, 0.1) is 0 Å². The van der Waals surface area contributed by atoms with Crippen molar-refractivity contribution in [3.8, 4) is 0 Å². The van der Waals surface area contributed by atoms with Crippen molar-refractivity contribution in [3.05, 3.63) is 0 Å². The van der Waals surface area contributed by atoms with E-state index in [4.69, 9.17) is 4.74 Å². The summed E-state index contributed by atoms with van der Waals surface area (Å²) >= 11 is 1.36. The van der Waals surface area contributed by atoms with Crippen molar-refractivity contribution in [1.82, 2.24) is 15.5 Å². The first-order chi connectivity index (χ1) is 9.13. The Kier molecular flexibility index (Phi) is 7.85. The molecule has 1 rings (SSSR count). The SMILES string of the molecule is CNC(C)CNC(=O)CSCC(=O)N1CCOCC1. The lowest BCUT2D eigenvalue weighted by atomic mass is 10.3. The molecule has 1 atom stereocenters. The van der Waals surface area contributed by atoms with Gasteiger partial charge < -0.3 is 20.3 Å². The molecule has 0 aromatic heterocycles. The topological polar surface area (TPSA) is 70.7 Å². The summed E-state index contributed by atoms with van der Waals surface area (Å²) < 4.78 is 5.19. The Balaban J connectivity index is 2.08. The molecule has 0 bridgehead atoms. The summed E-state index contributed by atoms with van der Waals surface area (Å²) in [5.41, 5.74) is 0. The van der Waals surface area contributed by atoms with Gasteiger partial charge in [-0.25, -0.2) is 0 Å². The number of nitrogens with one attached hydrogen (secondary N) is 2. The molecule has 0 aliphatic carbocycles. The second-order valence-electron chi connectivity index (χ2n) is 4.48. The Bertz CT molecular complexity index is 296. The second-order valence-corrected chi connectivity index (χ2v) is 5.47. The van der Waals surface area contributed by atoms with Crippen LogP contribution >= 0.6 is 11.8 Å². The van der Waals surface area contributed by atoms with Crippen LogP contribution in [0.5, 0.6) is 0 Å². The van der Waals surface area contributed by atoms with E-state index in [1.165, 1.54) is 11.8 Å². The van der Waals surface area contributed by atoms with Gasteiger partial charge in [0.1, 0.15) is 0 Å². The van der Waals surface area contributed by atoms with Gasteiger partial charge in [0, 0.05) is 25.7 Å². The maximum absolute atomic E-state index is 11.8. The number of rotatable bonds is 7. The molecule has 1 aliphatic heterocycles. The van der Waals surface area contributed by atoms with Crippen LogP contribution < -0.4 is 10.6 Å². The molecule has 2 amide bonds. The van der Waals surface area contributed by atoms with Crippen LogP contribution in [0.15, 0.2) is 0 Å². The van der Waals surface area contributed by atoms with E-state index >= 15 is 0 Å². The Hall–Kier alpha value is -0.790. The first-order valence-electron chi connectivity index (χ1n) is 6.50. The highest BCUT2D eigenvalue weighted by molar-refractivity contribution is 8.00. The molecule has 0 aromatic carbocycles. The van der Waals surface area contributed by atoms with Crippen LogP contribution in [0.1, 0.15) is 6.92 Å². The van der Waals surface area contributed by atoms with Crippen molar-refractivity contribution in [3.63, 3.8) is 0 Å². The van der Waals surface area contributed by atoms with E-state index in [0.29, 0.717) is 44.4 Å². The molecule has 0 radical (unpaired) electrons. The maximum atomic E-state index is 11.8. The molecule has 6 nitrogen and oxygen atoms in total. The first kappa shape index (κ1) is 16.3. The lowest BCUT2D eigenvalue weighted by Gasteiger charge is -2.26. The van der Waals surface area contributed by atoms with Crippen molar-refractivity contribution in [1.29, 1.82) is 0 Å². The molecule has 110 valence electrons. The van der Waals surface area contributed by atoms with E-state index in [1.807, 2.05) is 14.0 Å². The van der Waals surface area contributed by atoms with E-state index in [1.54, 1.807) is 4.90 Å². The van der Waals surface area contributed by atoms with Crippen LogP contribution in [0.4, 0.5) is 0 Å². The zero-order chi connectivity index (χ0) is 14.1. The summed E-state index contributed by atoms with van der Waals surface area (Å²) in [6, 6.07) is 0.254. The minimum absolute atomic E-state index is 0.0260. The molecule has 1 aliphatic rings. The zero-order valence-corrected chi connectivity index (χ0v) is 12.4. The van der Waals surface area contributed by atoms with Gasteiger partial charge in [-0.1, -0.05) is 0 Å². The van der Waals surface area contributed by atoms with Gasteiger partial charge in [-0.05, 0) is 14.0 Å². The second kappa shape index (κ2) is 9.17. The van der Waals surface area contributed by atoms with Crippen molar-refractivity contribution in [2.75, 3.05) is 51.4 Å². The molecular weight excluding hydrogens is 266 g/mol. The fourth-order valence-electron chi connectivity index (χ4n) is 1.56. The Morgan fingerprint density at radius 3 is 2.63 bits per heavy atom. The van der Waals surface area contributed by atoms with Crippen LogP contribution in [0.2, 0.25) is 0 Å². The number of amides is 2. The molecule has 1 fully saturated rings. The van der Waals surface area contributed by atoms with Crippen LogP contribution in [-0.2, 0) is 14.3 Å². The highest BCUT2D eigenvalue weighted by Gasteiger charge is 2.16. The Morgan fingerprint density at radius 1 is 1.32 bits per heavy atom. The average molecular weight is 289 g/mol. The van der Waals surface area contributed by atoms with Gasteiger partial charge in [0.05, 0.1) is 24.7 Å². The number of ether oxygens (including phenoxy) is 1. The average Bonchev–Trinajstić information content (AvgIpc) is 2.45. The smallest absolute Gasteiger partial charge is 0.232 e. The third-order valence-corrected chi connectivity index (χ3v) is 3.84. The number of nitrogens with zero attached hydrogens (tertiary/aromatic N) is 1.